The van der Waals surface area contributed by atoms with Gasteiger partial charge in [0, 0.05) is 23.5 Å². The van der Waals surface area contributed by atoms with Crippen LogP contribution in [0.25, 0.3) is 0 Å². The van der Waals surface area contributed by atoms with E-state index in [1.54, 1.807) is 32.4 Å². The highest BCUT2D eigenvalue weighted by Crippen LogP contribution is 2.30. The second-order valence-corrected chi connectivity index (χ2v) is 8.00. The zero-order chi connectivity index (χ0) is 20.1. The Morgan fingerprint density at radius 2 is 1.41 bits per heavy atom. The van der Waals surface area contributed by atoms with Gasteiger partial charge in [0.2, 0.25) is 0 Å². The molecule has 2 aromatic carbocycles. The van der Waals surface area contributed by atoms with Crippen LogP contribution in [0.15, 0.2) is 18.2 Å². The summed E-state index contributed by atoms with van der Waals surface area (Å²) in [6, 6.07) is 5.34. The smallest absolute Gasteiger partial charge is 0.163 e. The molecule has 3 nitrogen and oxygen atoms in total. The number of rotatable bonds is 8. The molecule has 0 amide bonds. The van der Waals surface area contributed by atoms with Crippen molar-refractivity contribution in [3.8, 4) is 11.5 Å². The number of hydrogen-bond donors (Lipinski definition) is 0. The molecule has 0 aromatic heterocycles. The average Bonchev–Trinajstić information content (AvgIpc) is 2.69. The van der Waals surface area contributed by atoms with Gasteiger partial charge in [0.1, 0.15) is 0 Å². The minimum absolute atomic E-state index is 0.133. The maximum Gasteiger partial charge on any atom is 0.163 e. The standard InChI is InChI=1S/C23H30O3S/c1-14-15(2)17(4)20(18(5)16(14)3)13-27-11-10-21(24)19-8-9-22(25-6)23(12-19)26-7/h8-9,12H,10-11,13H2,1-7H3. The third-order valence-electron chi connectivity index (χ3n) is 5.58. The average molecular weight is 387 g/mol. The maximum absolute atomic E-state index is 12.5. The number of ketones is 1. The van der Waals surface area contributed by atoms with E-state index in [0.717, 1.165) is 11.5 Å². The lowest BCUT2D eigenvalue weighted by molar-refractivity contribution is 0.0989. The van der Waals surface area contributed by atoms with E-state index in [0.29, 0.717) is 23.5 Å². The minimum Gasteiger partial charge on any atom is -0.493 e. The Kier molecular flexibility index (Phi) is 7.37. The summed E-state index contributed by atoms with van der Waals surface area (Å²) in [4.78, 5) is 12.5. The van der Waals surface area contributed by atoms with Crippen LogP contribution in [-0.2, 0) is 5.75 Å². The molecular formula is C23H30O3S. The van der Waals surface area contributed by atoms with E-state index in [4.69, 9.17) is 9.47 Å². The van der Waals surface area contributed by atoms with Crippen molar-refractivity contribution in [3.05, 3.63) is 57.1 Å². The quantitative estimate of drug-likeness (QED) is 0.427. The Morgan fingerprint density at radius 1 is 0.852 bits per heavy atom. The Bertz CT molecular complexity index is 811. The summed E-state index contributed by atoms with van der Waals surface area (Å²) in [7, 11) is 3.17. The normalized spacial score (nSPS) is 10.8. The van der Waals surface area contributed by atoms with Crippen LogP contribution in [0, 0.1) is 34.6 Å². The summed E-state index contributed by atoms with van der Waals surface area (Å²) < 4.78 is 10.5. The Morgan fingerprint density at radius 3 is 1.96 bits per heavy atom. The van der Waals surface area contributed by atoms with Crippen molar-refractivity contribution in [2.75, 3.05) is 20.0 Å². The van der Waals surface area contributed by atoms with Crippen LogP contribution in [0.1, 0.15) is 50.2 Å². The molecule has 2 aromatic rings. The molecule has 146 valence electrons. The predicted molar refractivity (Wildman–Crippen MR) is 115 cm³/mol. The van der Waals surface area contributed by atoms with E-state index in [1.807, 2.05) is 11.8 Å². The van der Waals surface area contributed by atoms with Crippen LogP contribution in [0.3, 0.4) is 0 Å². The molecule has 0 fully saturated rings. The van der Waals surface area contributed by atoms with Gasteiger partial charge in [0.15, 0.2) is 17.3 Å². The van der Waals surface area contributed by atoms with Crippen molar-refractivity contribution in [2.24, 2.45) is 0 Å². The van der Waals surface area contributed by atoms with Gasteiger partial charge in [-0.3, -0.25) is 4.79 Å². The molecule has 0 aliphatic heterocycles. The van der Waals surface area contributed by atoms with Crippen molar-refractivity contribution in [3.63, 3.8) is 0 Å². The molecule has 0 radical (unpaired) electrons. The highest BCUT2D eigenvalue weighted by atomic mass is 32.2. The fourth-order valence-electron chi connectivity index (χ4n) is 3.29. The van der Waals surface area contributed by atoms with Crippen molar-refractivity contribution >= 4 is 17.5 Å². The molecule has 0 atom stereocenters. The van der Waals surface area contributed by atoms with E-state index in [2.05, 4.69) is 34.6 Å². The summed E-state index contributed by atoms with van der Waals surface area (Å²) in [6.45, 7) is 11.0. The first-order valence-corrected chi connectivity index (χ1v) is 10.4. The minimum atomic E-state index is 0.133. The van der Waals surface area contributed by atoms with E-state index < -0.39 is 0 Å². The fourth-order valence-corrected chi connectivity index (χ4v) is 4.40. The van der Waals surface area contributed by atoms with Crippen molar-refractivity contribution in [1.29, 1.82) is 0 Å². The lowest BCUT2D eigenvalue weighted by Gasteiger charge is -2.18. The second kappa shape index (κ2) is 9.32. The van der Waals surface area contributed by atoms with Crippen LogP contribution in [0.4, 0.5) is 0 Å². The monoisotopic (exact) mass is 386 g/mol. The van der Waals surface area contributed by atoms with Gasteiger partial charge in [0.25, 0.3) is 0 Å². The van der Waals surface area contributed by atoms with E-state index in [9.17, 15) is 4.79 Å². The number of ether oxygens (including phenoxy) is 2. The van der Waals surface area contributed by atoms with Crippen LogP contribution in [0.5, 0.6) is 11.5 Å². The maximum atomic E-state index is 12.5. The zero-order valence-corrected chi connectivity index (χ0v) is 18.3. The molecule has 2 rings (SSSR count). The number of hydrogen-bond acceptors (Lipinski definition) is 4. The van der Waals surface area contributed by atoms with Gasteiger partial charge in [-0.15, -0.1) is 0 Å². The molecule has 0 bridgehead atoms. The van der Waals surface area contributed by atoms with Crippen molar-refractivity contribution in [1.82, 2.24) is 0 Å². The molecule has 0 spiro atoms. The lowest BCUT2D eigenvalue weighted by atomic mass is 9.90. The highest BCUT2D eigenvalue weighted by Gasteiger charge is 2.13. The Hall–Kier alpha value is -1.94. The topological polar surface area (TPSA) is 35.5 Å². The van der Waals surface area contributed by atoms with Crippen molar-refractivity contribution < 1.29 is 14.3 Å². The first-order valence-electron chi connectivity index (χ1n) is 9.20. The van der Waals surface area contributed by atoms with Crippen LogP contribution >= 0.6 is 11.8 Å². The third kappa shape index (κ3) is 4.67. The molecule has 0 heterocycles. The first kappa shape index (κ1) is 21.4. The number of Topliss-reactive ketones (excluding diaryl/α,β-unsaturated/α-hetero) is 1. The molecule has 0 aliphatic rings. The lowest BCUT2D eigenvalue weighted by Crippen LogP contribution is -2.04. The molecule has 0 unspecified atom stereocenters. The fraction of sp³-hybridized carbons (Fsp3) is 0.435. The van der Waals surface area contributed by atoms with Gasteiger partial charge in [-0.25, -0.2) is 0 Å². The molecule has 0 aliphatic carbocycles. The zero-order valence-electron chi connectivity index (χ0n) is 17.5. The molecule has 4 heteroatoms. The summed E-state index contributed by atoms with van der Waals surface area (Å²) in [6.07, 6.45) is 0.516. The summed E-state index contributed by atoms with van der Waals surface area (Å²) >= 11 is 1.82. The molecule has 0 N–H and O–H groups in total. The highest BCUT2D eigenvalue weighted by molar-refractivity contribution is 7.98. The second-order valence-electron chi connectivity index (χ2n) is 6.90. The Balaban J connectivity index is 1.99. The van der Waals surface area contributed by atoms with Crippen molar-refractivity contribution in [2.45, 2.75) is 46.8 Å². The van der Waals surface area contributed by atoms with Crippen LogP contribution in [0.2, 0.25) is 0 Å². The molecular weight excluding hydrogens is 356 g/mol. The summed E-state index contributed by atoms with van der Waals surface area (Å²) in [5.74, 6) is 3.11. The number of carbonyl (C=O) groups excluding carboxylic acids is 1. The van der Waals surface area contributed by atoms with E-state index >= 15 is 0 Å². The van der Waals surface area contributed by atoms with Crippen LogP contribution in [-0.4, -0.2) is 25.8 Å². The van der Waals surface area contributed by atoms with Gasteiger partial charge < -0.3 is 9.47 Å². The largest absolute Gasteiger partial charge is 0.493 e. The van der Waals surface area contributed by atoms with Crippen LogP contribution < -0.4 is 9.47 Å². The first-order chi connectivity index (χ1) is 12.8. The van der Waals surface area contributed by atoms with Gasteiger partial charge in [-0.05, 0) is 86.2 Å². The van der Waals surface area contributed by atoms with E-state index in [1.165, 1.54) is 33.4 Å². The van der Waals surface area contributed by atoms with Gasteiger partial charge >= 0.3 is 0 Å². The summed E-state index contributed by atoms with van der Waals surface area (Å²) in [5.41, 5.74) is 9.01. The Labute approximate surface area is 167 Å². The van der Waals surface area contributed by atoms with Gasteiger partial charge in [-0.1, -0.05) is 0 Å². The van der Waals surface area contributed by atoms with Gasteiger partial charge in [0.05, 0.1) is 14.2 Å². The summed E-state index contributed by atoms with van der Waals surface area (Å²) in [5, 5.41) is 0. The number of methoxy groups -OCH3 is 2. The predicted octanol–water partition coefficient (Wildman–Crippen LogP) is 5.75. The molecule has 0 saturated carbocycles. The number of carbonyl (C=O) groups is 1. The third-order valence-corrected chi connectivity index (χ3v) is 6.57. The number of thioether (sulfide) groups is 1. The molecule has 0 saturated heterocycles. The molecule has 27 heavy (non-hydrogen) atoms. The van der Waals surface area contributed by atoms with E-state index in [-0.39, 0.29) is 5.78 Å². The van der Waals surface area contributed by atoms with Gasteiger partial charge in [-0.2, -0.15) is 11.8 Å². The number of benzene rings is 2. The SMILES string of the molecule is COc1ccc(C(=O)CCSCc2c(C)c(C)c(C)c(C)c2C)cc1OC.